The van der Waals surface area contributed by atoms with Gasteiger partial charge in [0.25, 0.3) is 0 Å². The number of nitrogens with one attached hydrogen (secondary N) is 1. The molecule has 0 unspecified atom stereocenters. The molecule has 2 aromatic heterocycles. The summed E-state index contributed by atoms with van der Waals surface area (Å²) in [5.41, 5.74) is 3.01. The van der Waals surface area contributed by atoms with Crippen LogP contribution in [0.5, 0.6) is 0 Å². The molecule has 0 saturated carbocycles. The Kier molecular flexibility index (Phi) is 2.07. The number of imidazole rings is 1. The third-order valence-electron chi connectivity index (χ3n) is 2.01. The summed E-state index contributed by atoms with van der Waals surface area (Å²) in [6.07, 6.45) is 0.910. The Balaban J connectivity index is 2.75. The van der Waals surface area contributed by atoms with Gasteiger partial charge in [-0.1, -0.05) is 6.92 Å². The van der Waals surface area contributed by atoms with Crippen LogP contribution in [-0.2, 0) is 6.42 Å². The molecule has 2 aromatic rings. The number of nitrogens with zero attached hydrogens (tertiary/aromatic N) is 2. The predicted molar refractivity (Wildman–Crippen MR) is 55.7 cm³/mol. The van der Waals surface area contributed by atoms with E-state index in [1.54, 1.807) is 0 Å². The lowest BCUT2D eigenvalue weighted by atomic mass is 10.3. The van der Waals surface area contributed by atoms with E-state index in [0.29, 0.717) is 0 Å². The molecule has 0 aliphatic rings. The molecule has 0 saturated heterocycles. The van der Waals surface area contributed by atoms with Crippen LogP contribution in [0.4, 0.5) is 0 Å². The lowest BCUT2D eigenvalue weighted by Crippen LogP contribution is -1.82. The van der Waals surface area contributed by atoms with Gasteiger partial charge in [-0.3, -0.25) is 0 Å². The highest BCUT2D eigenvalue weighted by atomic mass is 79.9. The van der Waals surface area contributed by atoms with Crippen LogP contribution >= 0.6 is 15.9 Å². The van der Waals surface area contributed by atoms with Gasteiger partial charge in [-0.15, -0.1) is 0 Å². The van der Waals surface area contributed by atoms with Crippen LogP contribution in [0.1, 0.15) is 18.3 Å². The number of hydrogen-bond donors (Lipinski definition) is 1. The van der Waals surface area contributed by atoms with Gasteiger partial charge in [0.15, 0.2) is 5.65 Å². The standard InChI is InChI=1S/C9H10BrN3/c1-3-7-12-8-5(2)4-6(10)11-9(8)13-7/h4H,3H2,1-2H3,(H,11,12,13). The Morgan fingerprint density at radius 1 is 1.46 bits per heavy atom. The van der Waals surface area contributed by atoms with E-state index < -0.39 is 0 Å². The first-order valence-corrected chi connectivity index (χ1v) is 5.01. The van der Waals surface area contributed by atoms with Crippen molar-refractivity contribution in [3.63, 3.8) is 0 Å². The Morgan fingerprint density at radius 3 is 2.92 bits per heavy atom. The molecular formula is C9H10BrN3. The molecule has 0 fully saturated rings. The van der Waals surface area contributed by atoms with E-state index in [-0.39, 0.29) is 0 Å². The van der Waals surface area contributed by atoms with Gasteiger partial charge in [-0.25, -0.2) is 9.97 Å². The zero-order valence-electron chi connectivity index (χ0n) is 7.56. The molecule has 0 amide bonds. The molecule has 0 aliphatic carbocycles. The van der Waals surface area contributed by atoms with Crippen molar-refractivity contribution in [1.82, 2.24) is 15.0 Å². The average molecular weight is 240 g/mol. The van der Waals surface area contributed by atoms with Crippen LogP contribution in [0.3, 0.4) is 0 Å². The van der Waals surface area contributed by atoms with Crippen LogP contribution in [0, 0.1) is 6.92 Å². The number of hydrogen-bond acceptors (Lipinski definition) is 2. The first-order chi connectivity index (χ1) is 6.20. The van der Waals surface area contributed by atoms with Crippen molar-refractivity contribution >= 4 is 27.1 Å². The zero-order chi connectivity index (χ0) is 9.42. The Labute approximate surface area is 84.7 Å². The number of aryl methyl sites for hydroxylation is 2. The molecular weight excluding hydrogens is 230 g/mol. The van der Waals surface area contributed by atoms with Crippen molar-refractivity contribution in [2.45, 2.75) is 20.3 Å². The summed E-state index contributed by atoms with van der Waals surface area (Å²) in [6.45, 7) is 4.12. The molecule has 3 nitrogen and oxygen atoms in total. The van der Waals surface area contributed by atoms with Crippen LogP contribution in [0.2, 0.25) is 0 Å². The summed E-state index contributed by atoms with van der Waals surface area (Å²) < 4.78 is 0.839. The molecule has 68 valence electrons. The maximum atomic E-state index is 4.36. The summed E-state index contributed by atoms with van der Waals surface area (Å²) in [5, 5.41) is 0. The summed E-state index contributed by atoms with van der Waals surface area (Å²) >= 11 is 3.35. The number of halogens is 1. The molecule has 0 bridgehead atoms. The van der Waals surface area contributed by atoms with Gasteiger partial charge in [0, 0.05) is 6.42 Å². The number of pyridine rings is 1. The average Bonchev–Trinajstić information content (AvgIpc) is 2.47. The maximum absolute atomic E-state index is 4.36. The molecule has 2 rings (SSSR count). The minimum Gasteiger partial charge on any atom is -0.340 e. The van der Waals surface area contributed by atoms with Gasteiger partial charge in [0.1, 0.15) is 10.4 Å². The highest BCUT2D eigenvalue weighted by Crippen LogP contribution is 2.18. The van der Waals surface area contributed by atoms with Crippen molar-refractivity contribution in [2.75, 3.05) is 0 Å². The fourth-order valence-corrected chi connectivity index (χ4v) is 1.83. The third-order valence-corrected chi connectivity index (χ3v) is 2.42. The highest BCUT2D eigenvalue weighted by molar-refractivity contribution is 9.10. The van der Waals surface area contributed by atoms with Crippen molar-refractivity contribution in [3.8, 4) is 0 Å². The first kappa shape index (κ1) is 8.69. The smallest absolute Gasteiger partial charge is 0.179 e. The topological polar surface area (TPSA) is 41.6 Å². The number of H-pyrrole nitrogens is 1. The molecule has 1 N–H and O–H groups in total. The van der Waals surface area contributed by atoms with Crippen LogP contribution in [0.25, 0.3) is 11.2 Å². The Bertz CT molecular complexity index is 447. The third kappa shape index (κ3) is 1.46. The Hall–Kier alpha value is -0.900. The quantitative estimate of drug-likeness (QED) is 0.778. The minimum atomic E-state index is 0.795. The molecule has 13 heavy (non-hydrogen) atoms. The van der Waals surface area contributed by atoms with Crippen molar-refractivity contribution < 1.29 is 0 Å². The summed E-state index contributed by atoms with van der Waals surface area (Å²) in [6, 6.07) is 1.99. The molecule has 2 heterocycles. The van der Waals surface area contributed by atoms with Crippen LogP contribution < -0.4 is 0 Å². The predicted octanol–water partition coefficient (Wildman–Crippen LogP) is 2.59. The van der Waals surface area contributed by atoms with E-state index in [2.05, 4.69) is 37.8 Å². The summed E-state index contributed by atoms with van der Waals surface area (Å²) in [7, 11) is 0. The van der Waals surface area contributed by atoms with E-state index >= 15 is 0 Å². The van der Waals surface area contributed by atoms with E-state index in [1.165, 1.54) is 5.56 Å². The summed E-state index contributed by atoms with van der Waals surface area (Å²) in [5.74, 6) is 0.990. The van der Waals surface area contributed by atoms with E-state index in [0.717, 1.165) is 28.0 Å². The first-order valence-electron chi connectivity index (χ1n) is 4.22. The summed E-state index contributed by atoms with van der Waals surface area (Å²) in [4.78, 5) is 11.9. The van der Waals surface area contributed by atoms with E-state index in [9.17, 15) is 0 Å². The second kappa shape index (κ2) is 3.10. The molecule has 0 atom stereocenters. The Morgan fingerprint density at radius 2 is 2.23 bits per heavy atom. The normalized spacial score (nSPS) is 11.0. The van der Waals surface area contributed by atoms with Crippen molar-refractivity contribution in [1.29, 1.82) is 0 Å². The fourth-order valence-electron chi connectivity index (χ4n) is 1.32. The van der Waals surface area contributed by atoms with Gasteiger partial charge < -0.3 is 4.98 Å². The molecule has 0 aromatic carbocycles. The second-order valence-corrected chi connectivity index (χ2v) is 3.81. The van der Waals surface area contributed by atoms with Gasteiger partial charge >= 0.3 is 0 Å². The van der Waals surface area contributed by atoms with Crippen molar-refractivity contribution in [3.05, 3.63) is 22.1 Å². The lowest BCUT2D eigenvalue weighted by Gasteiger charge is -1.94. The maximum Gasteiger partial charge on any atom is 0.179 e. The minimum absolute atomic E-state index is 0.795. The van der Waals surface area contributed by atoms with Crippen LogP contribution in [0.15, 0.2) is 10.7 Å². The van der Waals surface area contributed by atoms with Crippen LogP contribution in [-0.4, -0.2) is 15.0 Å². The van der Waals surface area contributed by atoms with E-state index in [4.69, 9.17) is 0 Å². The highest BCUT2D eigenvalue weighted by Gasteiger charge is 2.05. The fraction of sp³-hybridized carbons (Fsp3) is 0.333. The number of fused-ring (bicyclic) bond motifs is 1. The largest absolute Gasteiger partial charge is 0.340 e. The van der Waals surface area contributed by atoms with E-state index in [1.807, 2.05) is 13.0 Å². The van der Waals surface area contributed by atoms with Gasteiger partial charge in [0.2, 0.25) is 0 Å². The molecule has 0 spiro atoms. The van der Waals surface area contributed by atoms with Gasteiger partial charge in [-0.05, 0) is 34.5 Å². The van der Waals surface area contributed by atoms with Gasteiger partial charge in [0.05, 0.1) is 5.52 Å². The monoisotopic (exact) mass is 239 g/mol. The van der Waals surface area contributed by atoms with Gasteiger partial charge in [-0.2, -0.15) is 0 Å². The SMILES string of the molecule is CCc1nc2nc(Br)cc(C)c2[nH]1. The number of rotatable bonds is 1. The molecule has 0 aliphatic heterocycles. The number of aromatic amines is 1. The zero-order valence-corrected chi connectivity index (χ0v) is 9.14. The molecule has 4 heteroatoms. The van der Waals surface area contributed by atoms with Crippen molar-refractivity contribution in [2.24, 2.45) is 0 Å². The lowest BCUT2D eigenvalue weighted by molar-refractivity contribution is 0.997. The number of aromatic nitrogens is 3. The molecule has 0 radical (unpaired) electrons. The second-order valence-electron chi connectivity index (χ2n) is 3.00.